The average Bonchev–Trinajstić information content (AvgIpc) is 3.18. The number of hydrogen-bond acceptors (Lipinski definition) is 6. The van der Waals surface area contributed by atoms with Crippen LogP contribution in [0.3, 0.4) is 0 Å². The van der Waals surface area contributed by atoms with Crippen LogP contribution in [0.4, 0.5) is 0 Å². The van der Waals surface area contributed by atoms with Gasteiger partial charge in [0.05, 0.1) is 18.5 Å². The molecule has 1 amide bonds. The van der Waals surface area contributed by atoms with Gasteiger partial charge in [-0.05, 0) is 31.6 Å². The third-order valence-corrected chi connectivity index (χ3v) is 5.11. The van der Waals surface area contributed by atoms with Crippen molar-refractivity contribution in [2.75, 3.05) is 46.8 Å². The molecule has 0 bridgehead atoms. The Labute approximate surface area is 146 Å². The minimum atomic E-state index is 0.172. The Morgan fingerprint density at radius 1 is 1.29 bits per heavy atom. The van der Waals surface area contributed by atoms with Crippen LogP contribution >= 0.6 is 11.3 Å². The molecule has 0 atom stereocenters. The minimum absolute atomic E-state index is 0.172. The predicted octanol–water partition coefficient (Wildman–Crippen LogP) is 2.00. The molecule has 0 aromatic carbocycles. The topological polar surface area (TPSA) is 52.8 Å². The lowest BCUT2D eigenvalue weighted by molar-refractivity contribution is -0.129. The molecule has 1 aliphatic rings. The molecule has 0 radical (unpaired) electrons. The lowest BCUT2D eigenvalue weighted by atomic mass is 10.3. The number of nitrogens with zero attached hydrogens (tertiary/aromatic N) is 4. The summed E-state index contributed by atoms with van der Waals surface area (Å²) >= 11 is 1.62. The number of carbonyl (C=O) groups is 1. The first-order valence-corrected chi connectivity index (χ1v) is 9.13. The van der Waals surface area contributed by atoms with Crippen molar-refractivity contribution >= 4 is 17.2 Å². The Morgan fingerprint density at radius 3 is 2.83 bits per heavy atom. The minimum Gasteiger partial charge on any atom is -0.462 e. The van der Waals surface area contributed by atoms with Crippen LogP contribution in [-0.2, 0) is 11.3 Å². The molecule has 0 aliphatic carbocycles. The third-order valence-electron chi connectivity index (χ3n) is 4.21. The van der Waals surface area contributed by atoms with Crippen LogP contribution in [0.2, 0.25) is 0 Å². The van der Waals surface area contributed by atoms with Gasteiger partial charge in [-0.1, -0.05) is 0 Å². The number of hydrogen-bond donors (Lipinski definition) is 0. The summed E-state index contributed by atoms with van der Waals surface area (Å²) in [6, 6.07) is 3.82. The molecule has 24 heavy (non-hydrogen) atoms. The first-order valence-electron chi connectivity index (χ1n) is 8.25. The number of amides is 1. The van der Waals surface area contributed by atoms with Gasteiger partial charge < -0.3 is 9.32 Å². The fourth-order valence-electron chi connectivity index (χ4n) is 2.80. The van der Waals surface area contributed by atoms with E-state index < -0.39 is 0 Å². The molecule has 1 fully saturated rings. The molecule has 3 rings (SSSR count). The van der Waals surface area contributed by atoms with Crippen molar-refractivity contribution in [1.29, 1.82) is 0 Å². The van der Waals surface area contributed by atoms with E-state index in [1.54, 1.807) is 22.5 Å². The maximum Gasteiger partial charge on any atom is 0.236 e. The van der Waals surface area contributed by atoms with Crippen molar-refractivity contribution < 1.29 is 9.21 Å². The second-order valence-electron chi connectivity index (χ2n) is 6.32. The number of carbonyl (C=O) groups excluding carboxylic acids is 1. The van der Waals surface area contributed by atoms with Crippen LogP contribution < -0.4 is 0 Å². The molecule has 7 heteroatoms. The first-order chi connectivity index (χ1) is 11.6. The number of likely N-dealkylation sites (N-methyl/N-ethyl adjacent to an activating group) is 1. The van der Waals surface area contributed by atoms with Crippen LogP contribution in [0, 0.1) is 0 Å². The molecule has 1 saturated heterocycles. The Kier molecular flexibility index (Phi) is 5.65. The summed E-state index contributed by atoms with van der Waals surface area (Å²) in [5, 5.41) is 3.04. The lowest BCUT2D eigenvalue weighted by Crippen LogP contribution is -2.38. The molecular formula is C17H24N4O2S. The smallest absolute Gasteiger partial charge is 0.236 e. The van der Waals surface area contributed by atoms with Gasteiger partial charge in [0.2, 0.25) is 5.91 Å². The SMILES string of the molecule is CN(C)C(=O)CN1CCCN(Cc2csc(-c3ccco3)n2)CC1. The monoisotopic (exact) mass is 348 g/mol. The maximum absolute atomic E-state index is 11.9. The molecule has 6 nitrogen and oxygen atoms in total. The second kappa shape index (κ2) is 7.92. The molecule has 0 spiro atoms. The van der Waals surface area contributed by atoms with Gasteiger partial charge in [0.25, 0.3) is 0 Å². The normalized spacial score (nSPS) is 16.9. The van der Waals surface area contributed by atoms with Crippen molar-refractivity contribution in [3.05, 3.63) is 29.5 Å². The van der Waals surface area contributed by atoms with E-state index in [1.807, 2.05) is 26.2 Å². The summed E-state index contributed by atoms with van der Waals surface area (Å²) in [6.07, 6.45) is 2.75. The molecule has 2 aromatic rings. The Bertz CT molecular complexity index is 653. The zero-order valence-electron chi connectivity index (χ0n) is 14.3. The van der Waals surface area contributed by atoms with Crippen molar-refractivity contribution in [2.24, 2.45) is 0 Å². The van der Waals surface area contributed by atoms with Gasteiger partial charge in [0.1, 0.15) is 0 Å². The van der Waals surface area contributed by atoms with E-state index in [9.17, 15) is 4.79 Å². The number of furan rings is 1. The van der Waals surface area contributed by atoms with E-state index in [0.29, 0.717) is 6.54 Å². The largest absolute Gasteiger partial charge is 0.462 e. The average molecular weight is 348 g/mol. The van der Waals surface area contributed by atoms with Gasteiger partial charge in [0.15, 0.2) is 10.8 Å². The highest BCUT2D eigenvalue weighted by atomic mass is 32.1. The maximum atomic E-state index is 11.9. The van der Waals surface area contributed by atoms with Crippen molar-refractivity contribution in [2.45, 2.75) is 13.0 Å². The van der Waals surface area contributed by atoms with Crippen molar-refractivity contribution in [3.63, 3.8) is 0 Å². The molecule has 130 valence electrons. The quantitative estimate of drug-likeness (QED) is 0.827. The van der Waals surface area contributed by atoms with Crippen molar-refractivity contribution in [3.8, 4) is 10.8 Å². The van der Waals surface area contributed by atoms with Gasteiger partial charge >= 0.3 is 0 Å². The summed E-state index contributed by atoms with van der Waals surface area (Å²) < 4.78 is 5.40. The van der Waals surface area contributed by atoms with E-state index in [4.69, 9.17) is 4.42 Å². The standard InChI is InChI=1S/C17H24N4O2S/c1-19(2)16(22)12-21-7-4-6-20(8-9-21)11-14-13-24-17(18-14)15-5-3-10-23-15/h3,5,10,13H,4,6-9,11-12H2,1-2H3. The van der Waals surface area contributed by atoms with Crippen LogP contribution in [0.25, 0.3) is 10.8 Å². The summed E-state index contributed by atoms with van der Waals surface area (Å²) in [4.78, 5) is 22.9. The van der Waals surface area contributed by atoms with Gasteiger partial charge in [-0.3, -0.25) is 14.6 Å². The Balaban J connectivity index is 1.52. The zero-order valence-corrected chi connectivity index (χ0v) is 15.1. The molecule has 0 N–H and O–H groups in total. The second-order valence-corrected chi connectivity index (χ2v) is 7.17. The van der Waals surface area contributed by atoms with Crippen LogP contribution in [0.1, 0.15) is 12.1 Å². The highest BCUT2D eigenvalue weighted by Gasteiger charge is 2.18. The predicted molar refractivity (Wildman–Crippen MR) is 94.8 cm³/mol. The Hall–Kier alpha value is -1.70. The summed E-state index contributed by atoms with van der Waals surface area (Å²) in [5.74, 6) is 1.00. The lowest BCUT2D eigenvalue weighted by Gasteiger charge is -2.22. The Morgan fingerprint density at radius 2 is 2.08 bits per heavy atom. The third kappa shape index (κ3) is 4.43. The number of aromatic nitrogens is 1. The van der Waals surface area contributed by atoms with Gasteiger partial charge in [0, 0.05) is 39.1 Å². The molecule has 3 heterocycles. The van der Waals surface area contributed by atoms with E-state index >= 15 is 0 Å². The molecule has 2 aromatic heterocycles. The molecule has 0 saturated carbocycles. The van der Waals surface area contributed by atoms with E-state index in [1.165, 1.54) is 0 Å². The van der Waals surface area contributed by atoms with E-state index in [2.05, 4.69) is 20.2 Å². The first kappa shape index (κ1) is 17.1. The van der Waals surface area contributed by atoms with Gasteiger partial charge in [-0.25, -0.2) is 4.98 Å². The number of thiazole rings is 1. The van der Waals surface area contributed by atoms with Crippen LogP contribution in [-0.4, -0.2) is 72.4 Å². The van der Waals surface area contributed by atoms with Gasteiger partial charge in [-0.2, -0.15) is 0 Å². The fourth-order valence-corrected chi connectivity index (χ4v) is 3.57. The van der Waals surface area contributed by atoms with Crippen molar-refractivity contribution in [1.82, 2.24) is 19.7 Å². The molecule has 0 unspecified atom stereocenters. The summed E-state index contributed by atoms with van der Waals surface area (Å²) in [7, 11) is 3.62. The van der Waals surface area contributed by atoms with E-state index in [0.717, 1.165) is 55.6 Å². The molecule has 1 aliphatic heterocycles. The van der Waals surface area contributed by atoms with Crippen LogP contribution in [0.15, 0.2) is 28.2 Å². The van der Waals surface area contributed by atoms with E-state index in [-0.39, 0.29) is 5.91 Å². The highest BCUT2D eigenvalue weighted by Crippen LogP contribution is 2.24. The zero-order chi connectivity index (χ0) is 16.9. The summed E-state index contributed by atoms with van der Waals surface area (Å²) in [5.41, 5.74) is 1.09. The fraction of sp³-hybridized carbons (Fsp3) is 0.529. The molecular weight excluding hydrogens is 324 g/mol. The van der Waals surface area contributed by atoms with Gasteiger partial charge in [-0.15, -0.1) is 11.3 Å². The number of rotatable bonds is 5. The summed E-state index contributed by atoms with van der Waals surface area (Å²) in [6.45, 7) is 5.28. The van der Waals surface area contributed by atoms with Crippen LogP contribution in [0.5, 0.6) is 0 Å². The highest BCUT2D eigenvalue weighted by molar-refractivity contribution is 7.13.